The van der Waals surface area contributed by atoms with Crippen LogP contribution in [0.25, 0.3) is 0 Å². The van der Waals surface area contributed by atoms with Gasteiger partial charge in [-0.05, 0) is 36.2 Å². The lowest BCUT2D eigenvalue weighted by atomic mass is 10.2. The summed E-state index contributed by atoms with van der Waals surface area (Å²) in [4.78, 5) is 0. The topological polar surface area (TPSA) is 41.5 Å². The van der Waals surface area contributed by atoms with Crippen LogP contribution in [-0.4, -0.2) is 11.7 Å². The van der Waals surface area contributed by atoms with Crippen molar-refractivity contribution in [2.45, 2.75) is 19.9 Å². The number of hydrogen-bond acceptors (Lipinski definition) is 3. The fraction of sp³-hybridized carbons (Fsp3) is 0.250. The molecule has 2 aromatic rings. The van der Waals surface area contributed by atoms with Crippen LogP contribution < -0.4 is 10.1 Å². The van der Waals surface area contributed by atoms with Gasteiger partial charge in [-0.1, -0.05) is 25.1 Å². The van der Waals surface area contributed by atoms with Crippen LogP contribution in [0.2, 0.25) is 0 Å². The molecule has 0 saturated carbocycles. The SMILES string of the molecule is CCCOc1cccc(NCc2cccc(O)c2)c1. The fourth-order valence-corrected chi connectivity index (χ4v) is 1.79. The first-order valence-corrected chi connectivity index (χ1v) is 6.52. The minimum atomic E-state index is 0.291. The van der Waals surface area contributed by atoms with E-state index in [9.17, 15) is 5.11 Å². The molecule has 2 N–H and O–H groups in total. The number of ether oxygens (including phenoxy) is 1. The predicted molar refractivity (Wildman–Crippen MR) is 77.7 cm³/mol. The zero-order chi connectivity index (χ0) is 13.5. The summed E-state index contributed by atoms with van der Waals surface area (Å²) in [5.41, 5.74) is 2.05. The minimum absolute atomic E-state index is 0.291. The van der Waals surface area contributed by atoms with E-state index in [4.69, 9.17) is 4.74 Å². The van der Waals surface area contributed by atoms with Crippen molar-refractivity contribution < 1.29 is 9.84 Å². The van der Waals surface area contributed by atoms with Gasteiger partial charge >= 0.3 is 0 Å². The lowest BCUT2D eigenvalue weighted by Gasteiger charge is -2.09. The zero-order valence-corrected chi connectivity index (χ0v) is 11.1. The van der Waals surface area contributed by atoms with Crippen LogP contribution in [0.4, 0.5) is 5.69 Å². The number of phenolic OH excluding ortho intramolecular Hbond substituents is 1. The molecule has 0 aromatic heterocycles. The van der Waals surface area contributed by atoms with E-state index in [2.05, 4.69) is 12.2 Å². The van der Waals surface area contributed by atoms with Gasteiger partial charge in [0.25, 0.3) is 0 Å². The molecule has 0 radical (unpaired) electrons. The van der Waals surface area contributed by atoms with E-state index in [1.807, 2.05) is 36.4 Å². The Morgan fingerprint density at radius 1 is 1.11 bits per heavy atom. The summed E-state index contributed by atoms with van der Waals surface area (Å²) in [7, 11) is 0. The number of phenols is 1. The summed E-state index contributed by atoms with van der Waals surface area (Å²) in [5.74, 6) is 1.17. The molecule has 100 valence electrons. The molecule has 0 fully saturated rings. The molecule has 0 spiro atoms. The van der Waals surface area contributed by atoms with Crippen molar-refractivity contribution in [2.24, 2.45) is 0 Å². The van der Waals surface area contributed by atoms with E-state index >= 15 is 0 Å². The summed E-state index contributed by atoms with van der Waals surface area (Å²) < 4.78 is 5.59. The molecule has 3 heteroatoms. The van der Waals surface area contributed by atoms with E-state index in [1.165, 1.54) is 0 Å². The molecule has 0 atom stereocenters. The third-order valence-electron chi connectivity index (χ3n) is 2.71. The monoisotopic (exact) mass is 257 g/mol. The van der Waals surface area contributed by atoms with Gasteiger partial charge in [0, 0.05) is 18.3 Å². The van der Waals surface area contributed by atoms with Gasteiger partial charge in [-0.2, -0.15) is 0 Å². The van der Waals surface area contributed by atoms with Crippen LogP contribution in [0.3, 0.4) is 0 Å². The lowest BCUT2D eigenvalue weighted by Crippen LogP contribution is -2.00. The molecule has 2 rings (SSSR count). The molecule has 0 saturated heterocycles. The van der Waals surface area contributed by atoms with Gasteiger partial charge in [0.1, 0.15) is 11.5 Å². The first kappa shape index (κ1) is 13.3. The fourth-order valence-electron chi connectivity index (χ4n) is 1.79. The third-order valence-corrected chi connectivity index (χ3v) is 2.71. The van der Waals surface area contributed by atoms with E-state index in [0.717, 1.165) is 30.0 Å². The third kappa shape index (κ3) is 4.21. The van der Waals surface area contributed by atoms with E-state index < -0.39 is 0 Å². The molecule has 2 aromatic carbocycles. The second-order valence-corrected chi connectivity index (χ2v) is 4.40. The first-order valence-electron chi connectivity index (χ1n) is 6.52. The van der Waals surface area contributed by atoms with Crippen LogP contribution >= 0.6 is 0 Å². The average Bonchev–Trinajstić information content (AvgIpc) is 2.43. The second-order valence-electron chi connectivity index (χ2n) is 4.40. The highest BCUT2D eigenvalue weighted by atomic mass is 16.5. The molecular formula is C16H19NO2. The molecule has 0 aliphatic rings. The Morgan fingerprint density at radius 3 is 2.74 bits per heavy atom. The van der Waals surface area contributed by atoms with Crippen LogP contribution in [0.5, 0.6) is 11.5 Å². The second kappa shape index (κ2) is 6.69. The molecule has 0 aliphatic heterocycles. The van der Waals surface area contributed by atoms with Crippen LogP contribution in [0.15, 0.2) is 48.5 Å². The number of rotatable bonds is 6. The summed E-state index contributed by atoms with van der Waals surface area (Å²) in [6.45, 7) is 3.49. The van der Waals surface area contributed by atoms with Gasteiger partial charge in [-0.3, -0.25) is 0 Å². The van der Waals surface area contributed by atoms with E-state index in [0.29, 0.717) is 12.3 Å². The Labute approximate surface area is 113 Å². The Bertz CT molecular complexity index is 526. The van der Waals surface area contributed by atoms with Crippen molar-refractivity contribution in [3.05, 3.63) is 54.1 Å². The molecule has 0 heterocycles. The first-order chi connectivity index (χ1) is 9.28. The standard InChI is InChI=1S/C16H19NO2/c1-2-9-19-16-8-4-6-14(11-16)17-12-13-5-3-7-15(18)10-13/h3-8,10-11,17-18H,2,9,12H2,1H3. The Morgan fingerprint density at radius 2 is 1.95 bits per heavy atom. The average molecular weight is 257 g/mol. The summed E-state index contributed by atoms with van der Waals surface area (Å²) in [5, 5.41) is 12.7. The molecule has 0 amide bonds. The lowest BCUT2D eigenvalue weighted by molar-refractivity contribution is 0.317. The van der Waals surface area contributed by atoms with Crippen molar-refractivity contribution >= 4 is 5.69 Å². The smallest absolute Gasteiger partial charge is 0.121 e. The highest BCUT2D eigenvalue weighted by Crippen LogP contribution is 2.19. The van der Waals surface area contributed by atoms with Crippen LogP contribution in [-0.2, 0) is 6.54 Å². The van der Waals surface area contributed by atoms with Gasteiger partial charge in [0.15, 0.2) is 0 Å². The molecule has 0 aliphatic carbocycles. The summed E-state index contributed by atoms with van der Waals surface area (Å²) in [6, 6.07) is 15.1. The summed E-state index contributed by atoms with van der Waals surface area (Å²) in [6.07, 6.45) is 1.00. The maximum atomic E-state index is 9.40. The molecule has 0 unspecified atom stereocenters. The van der Waals surface area contributed by atoms with Crippen molar-refractivity contribution in [2.75, 3.05) is 11.9 Å². The quantitative estimate of drug-likeness (QED) is 0.827. The number of benzene rings is 2. The highest BCUT2D eigenvalue weighted by Gasteiger charge is 1.98. The van der Waals surface area contributed by atoms with Gasteiger partial charge in [-0.25, -0.2) is 0 Å². The molecule has 19 heavy (non-hydrogen) atoms. The van der Waals surface area contributed by atoms with Crippen LogP contribution in [0.1, 0.15) is 18.9 Å². The van der Waals surface area contributed by atoms with Gasteiger partial charge in [-0.15, -0.1) is 0 Å². The largest absolute Gasteiger partial charge is 0.508 e. The van der Waals surface area contributed by atoms with Crippen molar-refractivity contribution in [1.82, 2.24) is 0 Å². The van der Waals surface area contributed by atoms with Crippen molar-refractivity contribution in [1.29, 1.82) is 0 Å². The number of aromatic hydroxyl groups is 1. The molecule has 3 nitrogen and oxygen atoms in total. The van der Waals surface area contributed by atoms with Gasteiger partial charge < -0.3 is 15.2 Å². The number of hydrogen-bond donors (Lipinski definition) is 2. The van der Waals surface area contributed by atoms with E-state index in [-0.39, 0.29) is 0 Å². The zero-order valence-electron chi connectivity index (χ0n) is 11.1. The van der Waals surface area contributed by atoms with Gasteiger partial charge in [0.05, 0.1) is 6.61 Å². The maximum absolute atomic E-state index is 9.40. The van der Waals surface area contributed by atoms with Crippen LogP contribution in [0, 0.1) is 0 Å². The maximum Gasteiger partial charge on any atom is 0.121 e. The number of nitrogens with one attached hydrogen (secondary N) is 1. The normalized spacial score (nSPS) is 10.2. The Hall–Kier alpha value is -2.16. The van der Waals surface area contributed by atoms with E-state index in [1.54, 1.807) is 12.1 Å². The summed E-state index contributed by atoms with van der Waals surface area (Å²) >= 11 is 0. The predicted octanol–water partition coefficient (Wildman–Crippen LogP) is 3.79. The highest BCUT2D eigenvalue weighted by molar-refractivity contribution is 5.48. The Balaban J connectivity index is 1.95. The van der Waals surface area contributed by atoms with Crippen molar-refractivity contribution in [3.8, 4) is 11.5 Å². The van der Waals surface area contributed by atoms with Gasteiger partial charge in [0.2, 0.25) is 0 Å². The minimum Gasteiger partial charge on any atom is -0.508 e. The Kier molecular flexibility index (Phi) is 4.67. The molecular weight excluding hydrogens is 238 g/mol. The molecule has 0 bridgehead atoms. The number of anilines is 1. The van der Waals surface area contributed by atoms with Crippen molar-refractivity contribution in [3.63, 3.8) is 0 Å².